The molecule has 1 saturated heterocycles. The van der Waals surface area contributed by atoms with Gasteiger partial charge >= 0.3 is 0 Å². The van der Waals surface area contributed by atoms with Crippen LogP contribution < -0.4 is 9.47 Å². The van der Waals surface area contributed by atoms with E-state index in [0.717, 1.165) is 18.4 Å². The van der Waals surface area contributed by atoms with Crippen molar-refractivity contribution in [3.8, 4) is 11.5 Å². The molecule has 1 atom stereocenters. The number of hydrogen-bond acceptors (Lipinski definition) is 5. The molecule has 0 radical (unpaired) electrons. The number of sulfonamides is 1. The molecule has 26 heavy (non-hydrogen) atoms. The van der Waals surface area contributed by atoms with Gasteiger partial charge in [0.2, 0.25) is 10.0 Å². The Morgan fingerprint density at radius 3 is 2.50 bits per heavy atom. The Balaban J connectivity index is 2.09. The summed E-state index contributed by atoms with van der Waals surface area (Å²) in [6, 6.07) is 5.20. The first-order chi connectivity index (χ1) is 12.3. The summed E-state index contributed by atoms with van der Waals surface area (Å²) in [5.41, 5.74) is 1.99. The predicted octanol–water partition coefficient (Wildman–Crippen LogP) is 2.58. The lowest BCUT2D eigenvalue weighted by Crippen LogP contribution is -2.31. The molecule has 1 aromatic carbocycles. The van der Waals surface area contributed by atoms with E-state index >= 15 is 0 Å². The highest BCUT2D eigenvalue weighted by atomic mass is 32.2. The number of ether oxygens (including phenoxy) is 2. The second-order valence-corrected chi connectivity index (χ2v) is 8.33. The molecule has 1 aliphatic rings. The van der Waals surface area contributed by atoms with E-state index in [1.807, 2.05) is 18.2 Å². The van der Waals surface area contributed by atoms with Crippen molar-refractivity contribution in [1.82, 2.24) is 14.1 Å². The molecular formula is C18H25N3O4S. The average Bonchev–Trinajstić information content (AvgIpc) is 3.20. The molecule has 1 aliphatic heterocycles. The molecular weight excluding hydrogens is 354 g/mol. The molecule has 2 aromatic rings. The number of methoxy groups -OCH3 is 2. The van der Waals surface area contributed by atoms with Gasteiger partial charge in [-0.2, -0.15) is 9.40 Å². The monoisotopic (exact) mass is 379 g/mol. The van der Waals surface area contributed by atoms with Crippen LogP contribution >= 0.6 is 0 Å². The van der Waals surface area contributed by atoms with Crippen molar-refractivity contribution in [2.45, 2.75) is 37.6 Å². The fraction of sp³-hybridized carbons (Fsp3) is 0.500. The van der Waals surface area contributed by atoms with Gasteiger partial charge in [0.25, 0.3) is 0 Å². The first kappa shape index (κ1) is 18.7. The summed E-state index contributed by atoms with van der Waals surface area (Å²) < 4.78 is 40.8. The fourth-order valence-corrected chi connectivity index (χ4v) is 5.76. The molecule has 0 bridgehead atoms. The Bertz CT molecular complexity index is 921. The Morgan fingerprint density at radius 1 is 1.19 bits per heavy atom. The fourth-order valence-electron chi connectivity index (χ4n) is 3.68. The SMILES string of the molecule is COc1ccc(OC)c(C2CCCN2S(=O)(=O)c2c(C)nn(C)c2C)c1. The van der Waals surface area contributed by atoms with Crippen LogP contribution in [0.1, 0.15) is 35.8 Å². The number of hydrogen-bond donors (Lipinski definition) is 0. The van der Waals surface area contributed by atoms with E-state index < -0.39 is 10.0 Å². The summed E-state index contributed by atoms with van der Waals surface area (Å²) in [6.07, 6.45) is 1.53. The summed E-state index contributed by atoms with van der Waals surface area (Å²) in [4.78, 5) is 0.300. The Morgan fingerprint density at radius 2 is 1.92 bits per heavy atom. The topological polar surface area (TPSA) is 73.7 Å². The van der Waals surface area contributed by atoms with E-state index in [0.29, 0.717) is 34.3 Å². The van der Waals surface area contributed by atoms with Gasteiger partial charge in [0, 0.05) is 19.2 Å². The van der Waals surface area contributed by atoms with Crippen LogP contribution in [0, 0.1) is 13.8 Å². The third-order valence-electron chi connectivity index (χ3n) is 5.01. The second kappa shape index (κ2) is 6.92. The van der Waals surface area contributed by atoms with E-state index in [4.69, 9.17) is 9.47 Å². The molecule has 2 heterocycles. The maximum atomic E-state index is 13.4. The van der Waals surface area contributed by atoms with E-state index in [-0.39, 0.29) is 6.04 Å². The number of nitrogens with zero attached hydrogens (tertiary/aromatic N) is 3. The van der Waals surface area contributed by atoms with Gasteiger partial charge in [-0.1, -0.05) is 0 Å². The van der Waals surface area contributed by atoms with Gasteiger partial charge in [-0.25, -0.2) is 8.42 Å². The summed E-state index contributed by atoms with van der Waals surface area (Å²) in [6.45, 7) is 3.99. The smallest absolute Gasteiger partial charge is 0.247 e. The third kappa shape index (κ3) is 2.97. The van der Waals surface area contributed by atoms with Gasteiger partial charge < -0.3 is 9.47 Å². The molecule has 0 aliphatic carbocycles. The predicted molar refractivity (Wildman–Crippen MR) is 98.1 cm³/mol. The Hall–Kier alpha value is -2.06. The highest BCUT2D eigenvalue weighted by Gasteiger charge is 2.40. The molecule has 1 fully saturated rings. The molecule has 1 unspecified atom stereocenters. The molecule has 3 rings (SSSR count). The molecule has 0 amide bonds. The molecule has 1 aromatic heterocycles. The normalized spacial score (nSPS) is 18.3. The van der Waals surface area contributed by atoms with Gasteiger partial charge in [-0.15, -0.1) is 0 Å². The summed E-state index contributed by atoms with van der Waals surface area (Å²) in [5, 5.41) is 4.27. The molecule has 0 saturated carbocycles. The molecule has 142 valence electrons. The lowest BCUT2D eigenvalue weighted by atomic mass is 10.0. The van der Waals surface area contributed by atoms with Crippen LogP contribution in [-0.2, 0) is 17.1 Å². The van der Waals surface area contributed by atoms with E-state index in [2.05, 4.69) is 5.10 Å². The average molecular weight is 379 g/mol. The minimum absolute atomic E-state index is 0.288. The first-order valence-corrected chi connectivity index (χ1v) is 9.99. The van der Waals surface area contributed by atoms with Crippen molar-refractivity contribution in [2.75, 3.05) is 20.8 Å². The minimum Gasteiger partial charge on any atom is -0.497 e. The molecule has 0 N–H and O–H groups in total. The van der Waals surface area contributed by atoms with Crippen LogP contribution in [0.4, 0.5) is 0 Å². The van der Waals surface area contributed by atoms with Crippen LogP contribution in [-0.4, -0.2) is 43.3 Å². The highest BCUT2D eigenvalue weighted by molar-refractivity contribution is 7.89. The second-order valence-electron chi connectivity index (χ2n) is 6.51. The Kier molecular flexibility index (Phi) is 4.98. The molecule has 0 spiro atoms. The third-order valence-corrected chi connectivity index (χ3v) is 7.17. The van der Waals surface area contributed by atoms with Gasteiger partial charge in [-0.05, 0) is 44.9 Å². The zero-order valence-corrected chi connectivity index (χ0v) is 16.6. The lowest BCUT2D eigenvalue weighted by Gasteiger charge is -2.26. The lowest BCUT2D eigenvalue weighted by molar-refractivity contribution is 0.361. The van der Waals surface area contributed by atoms with Crippen molar-refractivity contribution in [2.24, 2.45) is 7.05 Å². The highest BCUT2D eigenvalue weighted by Crippen LogP contribution is 2.42. The maximum absolute atomic E-state index is 13.4. The van der Waals surface area contributed by atoms with Crippen LogP contribution in [0.5, 0.6) is 11.5 Å². The number of aryl methyl sites for hydroxylation is 2. The van der Waals surface area contributed by atoms with Gasteiger partial charge in [-0.3, -0.25) is 4.68 Å². The zero-order chi connectivity index (χ0) is 19.1. The summed E-state index contributed by atoms with van der Waals surface area (Å²) >= 11 is 0. The first-order valence-electron chi connectivity index (χ1n) is 8.55. The van der Waals surface area contributed by atoms with Crippen LogP contribution in [0.2, 0.25) is 0 Å². The van der Waals surface area contributed by atoms with E-state index in [1.54, 1.807) is 44.1 Å². The largest absolute Gasteiger partial charge is 0.497 e. The Labute approximate surface area is 154 Å². The molecule has 7 nitrogen and oxygen atoms in total. The van der Waals surface area contributed by atoms with Gasteiger partial charge in [0.15, 0.2) is 0 Å². The number of aromatic nitrogens is 2. The summed E-state index contributed by atoms with van der Waals surface area (Å²) in [7, 11) is 1.28. The van der Waals surface area contributed by atoms with Gasteiger partial charge in [0.05, 0.1) is 31.6 Å². The van der Waals surface area contributed by atoms with Crippen molar-refractivity contribution in [1.29, 1.82) is 0 Å². The quantitative estimate of drug-likeness (QED) is 0.798. The number of benzene rings is 1. The van der Waals surface area contributed by atoms with Crippen molar-refractivity contribution < 1.29 is 17.9 Å². The van der Waals surface area contributed by atoms with Gasteiger partial charge in [0.1, 0.15) is 16.4 Å². The van der Waals surface area contributed by atoms with Crippen LogP contribution in [0.15, 0.2) is 23.1 Å². The zero-order valence-electron chi connectivity index (χ0n) is 15.8. The number of rotatable bonds is 5. The van der Waals surface area contributed by atoms with Crippen molar-refractivity contribution >= 4 is 10.0 Å². The van der Waals surface area contributed by atoms with Crippen molar-refractivity contribution in [3.05, 3.63) is 35.2 Å². The molecule has 8 heteroatoms. The maximum Gasteiger partial charge on any atom is 0.247 e. The van der Waals surface area contributed by atoms with Crippen LogP contribution in [0.25, 0.3) is 0 Å². The summed E-state index contributed by atoms with van der Waals surface area (Å²) in [5.74, 6) is 1.34. The van der Waals surface area contributed by atoms with Crippen molar-refractivity contribution in [3.63, 3.8) is 0 Å². The minimum atomic E-state index is -3.67. The van der Waals surface area contributed by atoms with E-state index in [1.165, 1.54) is 0 Å². The van der Waals surface area contributed by atoms with Crippen LogP contribution in [0.3, 0.4) is 0 Å². The van der Waals surface area contributed by atoms with E-state index in [9.17, 15) is 8.42 Å². The standard InChI is InChI=1S/C18H25N3O4S/c1-12-18(13(2)20(3)19-12)26(22,23)21-10-6-7-16(21)15-11-14(24-4)8-9-17(15)25-5/h8-9,11,16H,6-7,10H2,1-5H3.